The average Bonchev–Trinajstić information content (AvgIpc) is 3.16. The Morgan fingerprint density at radius 2 is 1.50 bits per heavy atom. The van der Waals surface area contributed by atoms with E-state index in [1.165, 1.54) is 16.8 Å². The Labute approximate surface area is 186 Å². The van der Waals surface area contributed by atoms with Crippen LogP contribution in [0.15, 0.2) is 66.7 Å². The Morgan fingerprint density at radius 3 is 2.13 bits per heavy atom. The molecule has 0 radical (unpaired) electrons. The summed E-state index contributed by atoms with van der Waals surface area (Å²) in [5, 5.41) is 14.4. The van der Waals surface area contributed by atoms with Gasteiger partial charge in [0.05, 0.1) is 21.4 Å². The van der Waals surface area contributed by atoms with Crippen LogP contribution in [0.4, 0.5) is 4.39 Å². The van der Waals surface area contributed by atoms with Crippen LogP contribution in [0.2, 0.25) is 15.1 Å². The maximum Gasteiger partial charge on any atom is 0.356 e. The fraction of sp³-hybridized carbons (Fsp3) is 0. The van der Waals surface area contributed by atoms with E-state index in [1.54, 1.807) is 30.3 Å². The third-order valence-corrected chi connectivity index (χ3v) is 5.33. The minimum absolute atomic E-state index is 0.0399. The first kappa shape index (κ1) is 20.4. The molecule has 0 bridgehead atoms. The van der Waals surface area contributed by atoms with Gasteiger partial charge in [-0.05, 0) is 47.5 Å². The third-order valence-electron chi connectivity index (χ3n) is 4.50. The predicted molar refractivity (Wildman–Crippen MR) is 116 cm³/mol. The molecule has 0 unspecified atom stereocenters. The average molecular weight is 462 g/mol. The molecule has 0 atom stereocenters. The quantitative estimate of drug-likeness (QED) is 0.356. The normalized spacial score (nSPS) is 10.9. The van der Waals surface area contributed by atoms with Gasteiger partial charge in [-0.3, -0.25) is 0 Å². The van der Waals surface area contributed by atoms with Crippen LogP contribution in [-0.4, -0.2) is 20.9 Å². The highest BCUT2D eigenvalue weighted by atomic mass is 35.5. The molecule has 1 N–H and O–H groups in total. The number of carboxylic acids is 1. The number of aromatic nitrogens is 2. The lowest BCUT2D eigenvalue weighted by Crippen LogP contribution is -2.03. The summed E-state index contributed by atoms with van der Waals surface area (Å²) in [7, 11) is 0. The number of rotatable bonds is 4. The molecule has 0 aliphatic carbocycles. The second-order valence-electron chi connectivity index (χ2n) is 6.43. The number of benzene rings is 3. The van der Waals surface area contributed by atoms with Crippen molar-refractivity contribution in [2.45, 2.75) is 0 Å². The van der Waals surface area contributed by atoms with Gasteiger partial charge in [0.1, 0.15) is 5.82 Å². The maximum atomic E-state index is 13.4. The van der Waals surface area contributed by atoms with Crippen molar-refractivity contribution in [1.82, 2.24) is 9.78 Å². The van der Waals surface area contributed by atoms with Gasteiger partial charge < -0.3 is 5.11 Å². The summed E-state index contributed by atoms with van der Waals surface area (Å²) < 4.78 is 14.9. The first-order valence-corrected chi connectivity index (χ1v) is 9.81. The van der Waals surface area contributed by atoms with E-state index in [2.05, 4.69) is 5.10 Å². The highest BCUT2D eigenvalue weighted by Gasteiger charge is 2.18. The standard InChI is InChI=1S/C22H12Cl3FN2O2/c23-15-6-8-20(17(25)10-15)28-21(11-19(27-28)22(29)30)13-3-1-12(2-4-13)14-5-7-18(26)16(24)9-14/h1-11H,(H,29,30). The molecule has 0 aliphatic heterocycles. The van der Waals surface area contributed by atoms with Gasteiger partial charge >= 0.3 is 5.97 Å². The molecule has 3 aromatic carbocycles. The molecule has 8 heteroatoms. The number of carboxylic acid groups (broad SMARTS) is 1. The van der Waals surface area contributed by atoms with E-state index in [0.717, 1.165) is 16.7 Å². The molecule has 1 heterocycles. The van der Waals surface area contributed by atoms with Gasteiger partial charge in [0.2, 0.25) is 0 Å². The lowest BCUT2D eigenvalue weighted by Gasteiger charge is -2.10. The Bertz CT molecular complexity index is 1270. The fourth-order valence-electron chi connectivity index (χ4n) is 3.04. The molecular weight excluding hydrogens is 450 g/mol. The summed E-state index contributed by atoms with van der Waals surface area (Å²) in [5.74, 6) is -1.64. The molecule has 0 amide bonds. The van der Waals surface area contributed by atoms with Crippen molar-refractivity contribution in [3.8, 4) is 28.1 Å². The Balaban J connectivity index is 1.80. The second kappa shape index (κ2) is 8.11. The highest BCUT2D eigenvalue weighted by Crippen LogP contribution is 2.32. The lowest BCUT2D eigenvalue weighted by atomic mass is 10.0. The Kier molecular flexibility index (Phi) is 5.52. The molecule has 4 rings (SSSR count). The summed E-state index contributed by atoms with van der Waals surface area (Å²) in [6, 6.07) is 18.1. The molecule has 0 spiro atoms. The van der Waals surface area contributed by atoms with Crippen LogP contribution in [-0.2, 0) is 0 Å². The largest absolute Gasteiger partial charge is 0.476 e. The van der Waals surface area contributed by atoms with Gasteiger partial charge in [-0.1, -0.05) is 65.1 Å². The van der Waals surface area contributed by atoms with Gasteiger partial charge in [0, 0.05) is 10.6 Å². The molecule has 150 valence electrons. The van der Waals surface area contributed by atoms with Crippen molar-refractivity contribution in [2.24, 2.45) is 0 Å². The molecule has 0 saturated heterocycles. The summed E-state index contributed by atoms with van der Waals surface area (Å²) in [5.41, 5.74) is 3.23. The number of aromatic carboxylic acids is 1. The minimum Gasteiger partial charge on any atom is -0.476 e. The summed E-state index contributed by atoms with van der Waals surface area (Å²) >= 11 is 18.2. The van der Waals surface area contributed by atoms with Crippen molar-refractivity contribution in [3.05, 3.63) is 93.3 Å². The summed E-state index contributed by atoms with van der Waals surface area (Å²) in [6.45, 7) is 0. The van der Waals surface area contributed by atoms with Crippen LogP contribution in [0.3, 0.4) is 0 Å². The number of hydrogen-bond acceptors (Lipinski definition) is 2. The summed E-state index contributed by atoms with van der Waals surface area (Å²) in [4.78, 5) is 11.5. The molecule has 0 saturated carbocycles. The van der Waals surface area contributed by atoms with Crippen LogP contribution >= 0.6 is 34.8 Å². The van der Waals surface area contributed by atoms with E-state index in [1.807, 2.05) is 24.3 Å². The van der Waals surface area contributed by atoms with Crippen LogP contribution in [0.5, 0.6) is 0 Å². The molecular formula is C22H12Cl3FN2O2. The first-order chi connectivity index (χ1) is 14.3. The molecule has 30 heavy (non-hydrogen) atoms. The van der Waals surface area contributed by atoms with E-state index in [9.17, 15) is 14.3 Å². The predicted octanol–water partition coefficient (Wildman–Crippen LogP) is 7.00. The van der Waals surface area contributed by atoms with Gasteiger partial charge in [0.25, 0.3) is 0 Å². The minimum atomic E-state index is -1.15. The van der Waals surface area contributed by atoms with E-state index in [-0.39, 0.29) is 10.7 Å². The number of nitrogens with zero attached hydrogens (tertiary/aromatic N) is 2. The molecule has 1 aromatic heterocycles. The van der Waals surface area contributed by atoms with Crippen molar-refractivity contribution >= 4 is 40.8 Å². The van der Waals surface area contributed by atoms with Gasteiger partial charge in [-0.15, -0.1) is 0 Å². The lowest BCUT2D eigenvalue weighted by molar-refractivity contribution is 0.0690. The zero-order chi connectivity index (χ0) is 21.4. The molecule has 0 fully saturated rings. The smallest absolute Gasteiger partial charge is 0.356 e. The molecule has 4 aromatic rings. The van der Waals surface area contributed by atoms with Gasteiger partial charge in [0.15, 0.2) is 5.69 Å². The number of carbonyl (C=O) groups is 1. The van der Waals surface area contributed by atoms with Crippen molar-refractivity contribution in [2.75, 3.05) is 0 Å². The maximum absolute atomic E-state index is 13.4. The third kappa shape index (κ3) is 3.92. The zero-order valence-corrected chi connectivity index (χ0v) is 17.4. The van der Waals surface area contributed by atoms with Crippen molar-refractivity contribution in [3.63, 3.8) is 0 Å². The van der Waals surface area contributed by atoms with E-state index < -0.39 is 11.8 Å². The topological polar surface area (TPSA) is 55.1 Å². The van der Waals surface area contributed by atoms with E-state index >= 15 is 0 Å². The van der Waals surface area contributed by atoms with Crippen molar-refractivity contribution < 1.29 is 14.3 Å². The van der Waals surface area contributed by atoms with Crippen LogP contribution in [0.25, 0.3) is 28.1 Å². The van der Waals surface area contributed by atoms with Crippen molar-refractivity contribution in [1.29, 1.82) is 0 Å². The van der Waals surface area contributed by atoms with Crippen LogP contribution in [0, 0.1) is 5.82 Å². The SMILES string of the molecule is O=C(O)c1cc(-c2ccc(-c3ccc(F)c(Cl)c3)cc2)n(-c2ccc(Cl)cc2Cl)n1. The second-order valence-corrected chi connectivity index (χ2v) is 7.68. The first-order valence-electron chi connectivity index (χ1n) is 8.68. The van der Waals surface area contributed by atoms with Gasteiger partial charge in [-0.2, -0.15) is 5.10 Å². The highest BCUT2D eigenvalue weighted by molar-refractivity contribution is 6.35. The van der Waals surface area contributed by atoms with Crippen LogP contribution in [0.1, 0.15) is 10.5 Å². The summed E-state index contributed by atoms with van der Waals surface area (Å²) in [6.07, 6.45) is 0. The number of halogens is 4. The fourth-order valence-corrected chi connectivity index (χ4v) is 3.71. The van der Waals surface area contributed by atoms with Crippen LogP contribution < -0.4 is 0 Å². The van der Waals surface area contributed by atoms with E-state index in [4.69, 9.17) is 34.8 Å². The van der Waals surface area contributed by atoms with Gasteiger partial charge in [-0.25, -0.2) is 13.9 Å². The Morgan fingerprint density at radius 1 is 0.833 bits per heavy atom. The number of hydrogen-bond donors (Lipinski definition) is 1. The monoisotopic (exact) mass is 460 g/mol. The molecule has 0 aliphatic rings. The molecule has 4 nitrogen and oxygen atoms in total. The van der Waals surface area contributed by atoms with E-state index in [0.29, 0.717) is 21.4 Å². The Hall–Kier alpha value is -2.86. The zero-order valence-electron chi connectivity index (χ0n) is 15.1.